The summed E-state index contributed by atoms with van der Waals surface area (Å²) in [5.41, 5.74) is 3.04. The summed E-state index contributed by atoms with van der Waals surface area (Å²) < 4.78 is 10.8. The number of hydrogen-bond acceptors (Lipinski definition) is 5. The third kappa shape index (κ3) is 8.38. The first kappa shape index (κ1) is 24.9. The van der Waals surface area contributed by atoms with Gasteiger partial charge in [-0.1, -0.05) is 34.2 Å². The maximum Gasteiger partial charge on any atom is 0.257 e. The number of nitrogens with zero attached hydrogens (tertiary/aromatic N) is 1. The van der Waals surface area contributed by atoms with Crippen LogP contribution in [0.1, 0.15) is 17.5 Å². The molecule has 1 unspecified atom stereocenters. The smallest absolute Gasteiger partial charge is 0.257 e. The van der Waals surface area contributed by atoms with Crippen LogP contribution in [0.3, 0.4) is 0 Å². The Balaban J connectivity index is 1.63. The number of rotatable bonds is 11. The van der Waals surface area contributed by atoms with Gasteiger partial charge in [-0.2, -0.15) is 5.26 Å². The van der Waals surface area contributed by atoms with E-state index in [0.29, 0.717) is 28.8 Å². The van der Waals surface area contributed by atoms with Crippen molar-refractivity contribution in [2.24, 2.45) is 5.92 Å². The van der Waals surface area contributed by atoms with E-state index in [0.717, 1.165) is 11.1 Å². The largest absolute Gasteiger partial charge is 0.484 e. The second-order valence-corrected chi connectivity index (χ2v) is 7.38. The van der Waals surface area contributed by atoms with Gasteiger partial charge in [0.1, 0.15) is 27.2 Å². The summed E-state index contributed by atoms with van der Waals surface area (Å²) in [6, 6.07) is 12.5. The Morgan fingerprint density at radius 1 is 0.938 bits per heavy atom. The summed E-state index contributed by atoms with van der Waals surface area (Å²) in [4.78, 5) is 23.9. The van der Waals surface area contributed by atoms with E-state index in [4.69, 9.17) is 25.2 Å². The van der Waals surface area contributed by atoms with Crippen LogP contribution in [0.2, 0.25) is 0 Å². The zero-order valence-corrected chi connectivity index (χ0v) is 18.3. The van der Waals surface area contributed by atoms with Crippen molar-refractivity contribution in [3.05, 3.63) is 47.5 Å². The van der Waals surface area contributed by atoms with Gasteiger partial charge in [-0.15, -0.1) is 0 Å². The summed E-state index contributed by atoms with van der Waals surface area (Å²) in [6.07, 6.45) is 0.384. The standard InChI is InChI=1S/C23H25B2N3O4/c1-15-3-5-18(9-20(15)24)31-13-22(29)27-8-7-17(11-26)12-28-23(30)14-32-19-6-4-16(2)21(25)10-19/h3-6,9-10,17H,7-8,12-14H2,1-2H3,(H,27,29)(H,28,30). The van der Waals surface area contributed by atoms with Crippen LogP contribution in [0.25, 0.3) is 0 Å². The van der Waals surface area contributed by atoms with Crippen LogP contribution in [0.5, 0.6) is 11.5 Å². The molecule has 4 radical (unpaired) electrons. The van der Waals surface area contributed by atoms with E-state index in [1.807, 2.05) is 26.0 Å². The van der Waals surface area contributed by atoms with Crippen LogP contribution in [0.4, 0.5) is 0 Å². The lowest BCUT2D eigenvalue weighted by Gasteiger charge is -2.13. The minimum atomic E-state index is -0.452. The Kier molecular flexibility index (Phi) is 9.68. The molecule has 2 N–H and O–H groups in total. The number of carbonyl (C=O) groups excluding carboxylic acids is 2. The van der Waals surface area contributed by atoms with Crippen LogP contribution in [0, 0.1) is 31.1 Å². The van der Waals surface area contributed by atoms with Crippen LogP contribution in [0.15, 0.2) is 36.4 Å². The van der Waals surface area contributed by atoms with Gasteiger partial charge in [0.05, 0.1) is 12.0 Å². The number of hydrogen-bond donors (Lipinski definition) is 2. The Hall–Kier alpha value is -3.40. The predicted octanol–water partition coefficient (Wildman–Crippen LogP) is 0.111. The zero-order valence-electron chi connectivity index (χ0n) is 18.3. The first-order valence-corrected chi connectivity index (χ1v) is 10.2. The van der Waals surface area contributed by atoms with Crippen molar-refractivity contribution in [2.45, 2.75) is 20.3 Å². The minimum absolute atomic E-state index is 0.155. The maximum atomic E-state index is 12.0. The van der Waals surface area contributed by atoms with Crippen LogP contribution in [-0.2, 0) is 9.59 Å². The molecule has 0 spiro atoms. The van der Waals surface area contributed by atoms with Crippen molar-refractivity contribution < 1.29 is 19.1 Å². The highest BCUT2D eigenvalue weighted by Gasteiger charge is 2.11. The Labute approximate surface area is 191 Å². The van der Waals surface area contributed by atoms with Gasteiger partial charge < -0.3 is 20.1 Å². The quantitative estimate of drug-likeness (QED) is 0.495. The lowest BCUT2D eigenvalue weighted by molar-refractivity contribution is -0.124. The van der Waals surface area contributed by atoms with Gasteiger partial charge >= 0.3 is 0 Å². The molecule has 1 atom stereocenters. The Bertz CT molecular complexity index is 992. The highest BCUT2D eigenvalue weighted by atomic mass is 16.5. The molecule has 0 saturated carbocycles. The fraction of sp³-hybridized carbons (Fsp3) is 0.348. The molecule has 2 aromatic rings. The van der Waals surface area contributed by atoms with Crippen molar-refractivity contribution in [1.29, 1.82) is 5.26 Å². The second kappa shape index (κ2) is 12.5. The molecule has 2 aromatic carbocycles. The predicted molar refractivity (Wildman–Crippen MR) is 124 cm³/mol. The fourth-order valence-electron chi connectivity index (χ4n) is 2.65. The van der Waals surface area contributed by atoms with E-state index in [1.165, 1.54) is 0 Å². The molecule has 0 aliphatic carbocycles. The van der Waals surface area contributed by atoms with Crippen molar-refractivity contribution in [1.82, 2.24) is 10.6 Å². The van der Waals surface area contributed by atoms with Gasteiger partial charge in [-0.05, 0) is 44.5 Å². The van der Waals surface area contributed by atoms with E-state index < -0.39 is 5.92 Å². The zero-order chi connectivity index (χ0) is 23.5. The van der Waals surface area contributed by atoms with Gasteiger partial charge in [0, 0.05) is 13.1 Å². The average Bonchev–Trinajstić information content (AvgIpc) is 2.77. The first-order valence-electron chi connectivity index (χ1n) is 10.2. The third-order valence-corrected chi connectivity index (χ3v) is 4.78. The van der Waals surface area contributed by atoms with E-state index >= 15 is 0 Å². The minimum Gasteiger partial charge on any atom is -0.484 e. The molecule has 0 aromatic heterocycles. The first-order chi connectivity index (χ1) is 15.3. The van der Waals surface area contributed by atoms with Crippen LogP contribution in [-0.4, -0.2) is 53.8 Å². The molecular weight excluding hydrogens is 404 g/mol. The monoisotopic (exact) mass is 429 g/mol. The lowest BCUT2D eigenvalue weighted by Crippen LogP contribution is -2.35. The van der Waals surface area contributed by atoms with Crippen molar-refractivity contribution in [2.75, 3.05) is 26.3 Å². The average molecular weight is 429 g/mol. The van der Waals surface area contributed by atoms with Gasteiger partial charge in [0.2, 0.25) is 0 Å². The number of benzene rings is 2. The second-order valence-electron chi connectivity index (χ2n) is 7.38. The topological polar surface area (TPSA) is 100 Å². The molecule has 9 heteroatoms. The van der Waals surface area contributed by atoms with E-state index in [2.05, 4.69) is 16.7 Å². The molecule has 0 heterocycles. The molecule has 2 amide bonds. The lowest BCUT2D eigenvalue weighted by atomic mass is 9.91. The SMILES string of the molecule is [B]c1cc(OCC(=O)NCCC(C#N)CNC(=O)COc2ccc(C)c([B])c2)ccc1C. The van der Waals surface area contributed by atoms with E-state index in [-0.39, 0.29) is 38.1 Å². The van der Waals surface area contributed by atoms with Gasteiger partial charge in [-0.3, -0.25) is 9.59 Å². The van der Waals surface area contributed by atoms with Crippen molar-refractivity contribution >= 4 is 38.4 Å². The number of aryl methyl sites for hydroxylation is 2. The van der Waals surface area contributed by atoms with Crippen LogP contribution >= 0.6 is 0 Å². The Morgan fingerprint density at radius 3 is 1.91 bits per heavy atom. The normalized spacial score (nSPS) is 11.2. The molecule has 2 rings (SSSR count). The number of nitriles is 1. The molecule has 0 saturated heterocycles. The molecule has 7 nitrogen and oxygen atoms in total. The molecule has 32 heavy (non-hydrogen) atoms. The number of nitrogens with one attached hydrogen (secondary N) is 2. The number of carbonyl (C=O) groups is 2. The van der Waals surface area contributed by atoms with E-state index in [1.54, 1.807) is 24.3 Å². The summed E-state index contributed by atoms with van der Waals surface area (Å²) in [5.74, 6) is -0.100. The molecular formula is C23H25B2N3O4. The summed E-state index contributed by atoms with van der Waals surface area (Å²) in [6.45, 7) is 3.86. The summed E-state index contributed by atoms with van der Waals surface area (Å²) in [5, 5.41) is 14.6. The summed E-state index contributed by atoms with van der Waals surface area (Å²) >= 11 is 0. The van der Waals surface area contributed by atoms with Crippen molar-refractivity contribution in [3.8, 4) is 17.6 Å². The number of ether oxygens (including phenoxy) is 2. The molecule has 0 aliphatic rings. The maximum absolute atomic E-state index is 12.0. The molecule has 0 bridgehead atoms. The molecule has 0 fully saturated rings. The Morgan fingerprint density at radius 2 is 1.44 bits per heavy atom. The third-order valence-electron chi connectivity index (χ3n) is 4.78. The van der Waals surface area contributed by atoms with Crippen molar-refractivity contribution in [3.63, 3.8) is 0 Å². The van der Waals surface area contributed by atoms with E-state index in [9.17, 15) is 14.9 Å². The molecule has 0 aliphatic heterocycles. The highest BCUT2D eigenvalue weighted by Crippen LogP contribution is 2.10. The highest BCUT2D eigenvalue weighted by molar-refractivity contribution is 6.33. The van der Waals surface area contributed by atoms with Gasteiger partial charge in [-0.25, -0.2) is 0 Å². The number of amides is 2. The van der Waals surface area contributed by atoms with Crippen LogP contribution < -0.4 is 31.0 Å². The van der Waals surface area contributed by atoms with Gasteiger partial charge in [0.25, 0.3) is 11.8 Å². The molecule has 162 valence electrons. The summed E-state index contributed by atoms with van der Waals surface area (Å²) in [7, 11) is 11.6. The fourth-order valence-corrected chi connectivity index (χ4v) is 2.65. The van der Waals surface area contributed by atoms with Gasteiger partial charge in [0.15, 0.2) is 13.2 Å².